The molecule has 0 aliphatic carbocycles. The van der Waals surface area contributed by atoms with E-state index in [0.717, 1.165) is 76.0 Å². The number of hydrogen-bond donors (Lipinski definition) is 1. The summed E-state index contributed by atoms with van der Waals surface area (Å²) in [6.45, 7) is 18.8. The number of hydrogen-bond acceptors (Lipinski definition) is 4. The third kappa shape index (κ3) is 11.7. The third-order valence-electron chi connectivity index (χ3n) is 9.85. The number of rotatable bonds is 19. The van der Waals surface area contributed by atoms with Crippen LogP contribution < -0.4 is 9.47 Å². The van der Waals surface area contributed by atoms with Gasteiger partial charge in [-0.15, -0.1) is 0 Å². The minimum Gasteiger partial charge on any atom is -0.487 e. The second-order valence-electron chi connectivity index (χ2n) is 14.3. The molecule has 2 aliphatic rings. The molecule has 1 aromatic carbocycles. The molecular formula is C40H65NO3. The van der Waals surface area contributed by atoms with Gasteiger partial charge in [0.25, 0.3) is 0 Å². The average Bonchev–Trinajstić information content (AvgIpc) is 2.98. The van der Waals surface area contributed by atoms with Crippen molar-refractivity contribution in [1.82, 2.24) is 4.90 Å². The van der Waals surface area contributed by atoms with Crippen molar-refractivity contribution in [2.75, 3.05) is 19.9 Å². The van der Waals surface area contributed by atoms with Crippen molar-refractivity contribution < 1.29 is 14.6 Å². The van der Waals surface area contributed by atoms with Crippen LogP contribution >= 0.6 is 0 Å². The van der Waals surface area contributed by atoms with Gasteiger partial charge in [0.1, 0.15) is 23.8 Å². The summed E-state index contributed by atoms with van der Waals surface area (Å²) in [4.78, 5) is 2.49. The second kappa shape index (κ2) is 18.8. The van der Waals surface area contributed by atoms with Gasteiger partial charge >= 0.3 is 0 Å². The van der Waals surface area contributed by atoms with Gasteiger partial charge in [-0.05, 0) is 124 Å². The minimum absolute atomic E-state index is 0.121. The first kappa shape index (κ1) is 36.4. The predicted octanol–water partition coefficient (Wildman–Crippen LogP) is 10.9. The topological polar surface area (TPSA) is 41.9 Å². The zero-order chi connectivity index (χ0) is 32.0. The van der Waals surface area contributed by atoms with Crippen LogP contribution in [-0.4, -0.2) is 35.5 Å². The van der Waals surface area contributed by atoms with E-state index in [-0.39, 0.29) is 5.60 Å². The van der Waals surface area contributed by atoms with Crippen molar-refractivity contribution >= 4 is 0 Å². The normalized spacial score (nSPS) is 18.8. The van der Waals surface area contributed by atoms with E-state index in [4.69, 9.17) is 14.6 Å². The molecule has 0 bridgehead atoms. The molecule has 0 radical (unpaired) electrons. The second-order valence-corrected chi connectivity index (χ2v) is 14.3. The summed E-state index contributed by atoms with van der Waals surface area (Å²) in [5, 5.41) is 8.92. The van der Waals surface area contributed by atoms with Gasteiger partial charge in [-0.3, -0.25) is 4.90 Å². The fourth-order valence-corrected chi connectivity index (χ4v) is 6.73. The molecule has 4 nitrogen and oxygen atoms in total. The fourth-order valence-electron chi connectivity index (χ4n) is 6.73. The Kier molecular flexibility index (Phi) is 15.6. The van der Waals surface area contributed by atoms with Crippen LogP contribution in [-0.2, 0) is 13.0 Å². The van der Waals surface area contributed by atoms with Gasteiger partial charge in [-0.25, -0.2) is 0 Å². The Hall–Kier alpha value is -2.04. The van der Waals surface area contributed by atoms with E-state index in [1.165, 1.54) is 90.3 Å². The Morgan fingerprint density at radius 2 is 1.36 bits per heavy atom. The molecule has 4 heteroatoms. The summed E-state index contributed by atoms with van der Waals surface area (Å²) in [5.41, 5.74) is 9.58. The molecule has 248 valence electrons. The van der Waals surface area contributed by atoms with Crippen molar-refractivity contribution in [3.05, 3.63) is 57.2 Å². The predicted molar refractivity (Wildman–Crippen MR) is 188 cm³/mol. The Morgan fingerprint density at radius 3 is 2.02 bits per heavy atom. The van der Waals surface area contributed by atoms with E-state index < -0.39 is 0 Å². The summed E-state index contributed by atoms with van der Waals surface area (Å²) >= 11 is 0. The molecule has 2 aliphatic heterocycles. The molecule has 3 rings (SSSR count). The molecule has 0 saturated carbocycles. The van der Waals surface area contributed by atoms with Crippen LogP contribution in [0.3, 0.4) is 0 Å². The van der Waals surface area contributed by atoms with Crippen LogP contribution in [0, 0.1) is 13.8 Å². The lowest BCUT2D eigenvalue weighted by Gasteiger charge is -2.40. The van der Waals surface area contributed by atoms with Crippen molar-refractivity contribution in [2.24, 2.45) is 0 Å². The Morgan fingerprint density at radius 1 is 0.773 bits per heavy atom. The van der Waals surface area contributed by atoms with Crippen LogP contribution in [0.15, 0.2) is 34.9 Å². The highest BCUT2D eigenvalue weighted by atomic mass is 16.5. The molecule has 0 saturated heterocycles. The Balaban J connectivity index is 1.49. The van der Waals surface area contributed by atoms with Crippen LogP contribution in [0.1, 0.15) is 153 Å². The van der Waals surface area contributed by atoms with E-state index in [0.29, 0.717) is 13.3 Å². The lowest BCUT2D eigenvalue weighted by atomic mass is 9.84. The maximum Gasteiger partial charge on any atom is 0.142 e. The van der Waals surface area contributed by atoms with Crippen LogP contribution in [0.5, 0.6) is 11.5 Å². The number of benzene rings is 1. The average molecular weight is 608 g/mol. The molecule has 0 spiro atoms. The first-order valence-corrected chi connectivity index (χ1v) is 17.9. The summed E-state index contributed by atoms with van der Waals surface area (Å²) in [5.74, 6) is 2.25. The number of ether oxygens (including phenoxy) is 2. The largest absolute Gasteiger partial charge is 0.487 e. The molecule has 0 aromatic heterocycles. The summed E-state index contributed by atoms with van der Waals surface area (Å²) in [6.07, 6.45) is 25.9. The molecule has 0 amide bonds. The van der Waals surface area contributed by atoms with Gasteiger partial charge < -0.3 is 14.6 Å². The van der Waals surface area contributed by atoms with E-state index in [9.17, 15) is 0 Å². The van der Waals surface area contributed by atoms with Gasteiger partial charge in [-0.1, -0.05) is 73.5 Å². The Bertz CT molecular complexity index is 1130. The standard InChI is InChI=1S/C40H65NO3/c1-31(2)19-16-20-32(3)21-17-22-33(4)23-18-25-40(7)26-24-36-37-29-41(27-14-12-10-8-9-11-13-15-28-42)30-43-38(37)34(5)35(6)39(36)44-40/h19,21,23,42H,8-18,20,22,24-30H2,1-7H3/t40-/m1/s1. The van der Waals surface area contributed by atoms with Crippen LogP contribution in [0.25, 0.3) is 0 Å². The fraction of sp³-hybridized carbons (Fsp3) is 0.700. The number of aliphatic hydroxyl groups is 1. The molecule has 1 aromatic rings. The van der Waals surface area contributed by atoms with Gasteiger partial charge in [0.15, 0.2) is 0 Å². The number of fused-ring (bicyclic) bond motifs is 3. The van der Waals surface area contributed by atoms with Crippen molar-refractivity contribution in [1.29, 1.82) is 0 Å². The van der Waals surface area contributed by atoms with Crippen LogP contribution in [0.4, 0.5) is 0 Å². The van der Waals surface area contributed by atoms with Gasteiger partial charge in [-0.2, -0.15) is 0 Å². The third-order valence-corrected chi connectivity index (χ3v) is 9.85. The van der Waals surface area contributed by atoms with Gasteiger partial charge in [0.05, 0.1) is 0 Å². The number of nitrogens with zero attached hydrogens (tertiary/aromatic N) is 1. The van der Waals surface area contributed by atoms with Gasteiger partial charge in [0.2, 0.25) is 0 Å². The van der Waals surface area contributed by atoms with E-state index in [1.807, 2.05) is 0 Å². The van der Waals surface area contributed by atoms with E-state index >= 15 is 0 Å². The molecule has 44 heavy (non-hydrogen) atoms. The summed E-state index contributed by atoms with van der Waals surface area (Å²) in [7, 11) is 0. The highest BCUT2D eigenvalue weighted by Crippen LogP contribution is 2.46. The monoisotopic (exact) mass is 607 g/mol. The molecular weight excluding hydrogens is 542 g/mol. The van der Waals surface area contributed by atoms with Crippen molar-refractivity contribution in [2.45, 2.75) is 163 Å². The minimum atomic E-state index is -0.121. The quantitative estimate of drug-likeness (QED) is 0.125. The molecule has 0 fully saturated rings. The molecule has 1 atom stereocenters. The number of unbranched alkanes of at least 4 members (excludes halogenated alkanes) is 7. The Labute approximate surface area is 271 Å². The highest BCUT2D eigenvalue weighted by Gasteiger charge is 2.36. The highest BCUT2D eigenvalue weighted by molar-refractivity contribution is 5.60. The van der Waals surface area contributed by atoms with Crippen molar-refractivity contribution in [3.8, 4) is 11.5 Å². The first-order valence-electron chi connectivity index (χ1n) is 17.9. The lowest BCUT2D eigenvalue weighted by Crippen LogP contribution is -2.39. The van der Waals surface area contributed by atoms with Crippen molar-refractivity contribution in [3.63, 3.8) is 0 Å². The maximum atomic E-state index is 8.92. The van der Waals surface area contributed by atoms with E-state index in [1.54, 1.807) is 0 Å². The van der Waals surface area contributed by atoms with Gasteiger partial charge in [0, 0.05) is 30.8 Å². The number of aliphatic hydroxyl groups excluding tert-OH is 1. The molecule has 2 heterocycles. The smallest absolute Gasteiger partial charge is 0.142 e. The summed E-state index contributed by atoms with van der Waals surface area (Å²) in [6, 6.07) is 0. The van der Waals surface area contributed by atoms with E-state index in [2.05, 4.69) is 71.6 Å². The zero-order valence-corrected chi connectivity index (χ0v) is 29.6. The van der Waals surface area contributed by atoms with Crippen LogP contribution in [0.2, 0.25) is 0 Å². The first-order chi connectivity index (χ1) is 21.1. The lowest BCUT2D eigenvalue weighted by molar-refractivity contribution is 0.0521. The number of allylic oxidation sites excluding steroid dienone is 6. The molecule has 1 N–H and O–H groups in total. The summed E-state index contributed by atoms with van der Waals surface area (Å²) < 4.78 is 13.3. The zero-order valence-electron chi connectivity index (χ0n) is 29.6. The molecule has 0 unspecified atom stereocenters. The SMILES string of the molecule is CC(C)=CCCC(C)=CCCC(C)=CCC[C@]1(C)CCc2c3c(c(C)c(C)c2O1)OCN(CCCCCCCCCCO)C3. The maximum absolute atomic E-state index is 8.92.